The van der Waals surface area contributed by atoms with Crippen LogP contribution in [0.5, 0.6) is 0 Å². The van der Waals surface area contributed by atoms with Crippen LogP contribution in [-0.2, 0) is 18.0 Å². The van der Waals surface area contributed by atoms with Gasteiger partial charge in [0.1, 0.15) is 5.69 Å². The molecule has 9 nitrogen and oxygen atoms in total. The second-order valence-corrected chi connectivity index (χ2v) is 8.78. The molecule has 170 valence electrons. The van der Waals surface area contributed by atoms with Crippen molar-refractivity contribution in [3.05, 3.63) is 99.9 Å². The highest BCUT2D eigenvalue weighted by Crippen LogP contribution is 2.47. The van der Waals surface area contributed by atoms with Crippen molar-refractivity contribution in [1.29, 1.82) is 0 Å². The molecule has 0 atom stereocenters. The predicted molar refractivity (Wildman–Crippen MR) is 130 cm³/mol. The molecule has 34 heavy (non-hydrogen) atoms. The Labute approximate surface area is 199 Å². The van der Waals surface area contributed by atoms with E-state index in [0.29, 0.717) is 12.2 Å². The smallest absolute Gasteiger partial charge is 0.269 e. The third kappa shape index (κ3) is 4.62. The second kappa shape index (κ2) is 9.36. The van der Waals surface area contributed by atoms with E-state index < -0.39 is 4.92 Å². The van der Waals surface area contributed by atoms with E-state index in [9.17, 15) is 10.1 Å². The number of oxime groups is 1. The molecule has 1 aliphatic rings. The minimum absolute atomic E-state index is 0.0589. The molecule has 0 saturated carbocycles. The second-order valence-electron chi connectivity index (χ2n) is 7.69. The van der Waals surface area contributed by atoms with Gasteiger partial charge in [-0.25, -0.2) is 4.68 Å². The van der Waals surface area contributed by atoms with Crippen LogP contribution in [0.2, 0.25) is 0 Å². The molecule has 0 unspecified atom stereocenters. The van der Waals surface area contributed by atoms with Crippen LogP contribution < -0.4 is 4.90 Å². The summed E-state index contributed by atoms with van der Waals surface area (Å²) in [6.07, 6.45) is 3.45. The van der Waals surface area contributed by atoms with E-state index in [4.69, 9.17) is 4.84 Å². The largest absolute Gasteiger partial charge is 0.389 e. The predicted octanol–water partition coefficient (Wildman–Crippen LogP) is 5.02. The van der Waals surface area contributed by atoms with Crippen molar-refractivity contribution in [3.8, 4) is 0 Å². The number of nitro benzene ring substituents is 1. The van der Waals surface area contributed by atoms with Gasteiger partial charge in [0, 0.05) is 29.0 Å². The van der Waals surface area contributed by atoms with E-state index in [0.717, 1.165) is 16.8 Å². The number of nitrogens with zero attached hydrogens (tertiary/aromatic N) is 6. The maximum Gasteiger partial charge on any atom is 0.269 e. The summed E-state index contributed by atoms with van der Waals surface area (Å²) in [6.45, 7) is 0.644. The Bertz CT molecular complexity index is 1370. The highest BCUT2D eigenvalue weighted by Gasteiger charge is 2.20. The third-order valence-electron chi connectivity index (χ3n) is 5.36. The van der Waals surface area contributed by atoms with E-state index >= 15 is 0 Å². The van der Waals surface area contributed by atoms with E-state index in [1.54, 1.807) is 41.0 Å². The average molecular weight is 473 g/mol. The van der Waals surface area contributed by atoms with Gasteiger partial charge in [-0.15, -0.1) is 5.10 Å². The molecular weight excluding hydrogens is 452 g/mol. The Morgan fingerprint density at radius 2 is 1.88 bits per heavy atom. The number of rotatable bonds is 7. The molecule has 0 spiro atoms. The zero-order chi connectivity index (χ0) is 23.5. The molecule has 0 bridgehead atoms. The number of hydrogen-bond donors (Lipinski definition) is 0. The van der Waals surface area contributed by atoms with Crippen LogP contribution in [0, 0.1) is 10.1 Å². The zero-order valence-electron chi connectivity index (χ0n) is 18.2. The lowest BCUT2D eigenvalue weighted by molar-refractivity contribution is -0.384. The van der Waals surface area contributed by atoms with Gasteiger partial charge in [-0.05, 0) is 35.4 Å². The summed E-state index contributed by atoms with van der Waals surface area (Å²) < 4.78 is 1.65. The maximum absolute atomic E-state index is 10.8. The summed E-state index contributed by atoms with van der Waals surface area (Å²) in [6, 6.07) is 20.9. The van der Waals surface area contributed by atoms with E-state index in [-0.39, 0.29) is 12.3 Å². The lowest BCUT2D eigenvalue weighted by atomic mass is 10.2. The third-order valence-corrected chi connectivity index (χ3v) is 6.47. The first kappa shape index (κ1) is 21.7. The van der Waals surface area contributed by atoms with E-state index in [1.165, 1.54) is 27.6 Å². The average Bonchev–Trinajstić information content (AvgIpc) is 3.29. The summed E-state index contributed by atoms with van der Waals surface area (Å²) in [7, 11) is 2.07. The number of hydrogen-bond acceptors (Lipinski definition) is 8. The Morgan fingerprint density at radius 1 is 1.09 bits per heavy atom. The molecular formula is C24H20N6O3S. The monoisotopic (exact) mass is 472 g/mol. The van der Waals surface area contributed by atoms with Gasteiger partial charge in [0.15, 0.2) is 6.61 Å². The number of nitro groups is 1. The fraction of sp³-hybridized carbons (Fsp3) is 0.125. The van der Waals surface area contributed by atoms with Crippen molar-refractivity contribution < 1.29 is 9.76 Å². The highest BCUT2D eigenvalue weighted by atomic mass is 32.2. The Balaban J connectivity index is 1.17. The minimum atomic E-state index is -0.421. The van der Waals surface area contributed by atoms with Gasteiger partial charge >= 0.3 is 0 Å². The molecule has 0 aliphatic carbocycles. The first-order valence-corrected chi connectivity index (χ1v) is 11.3. The summed E-state index contributed by atoms with van der Waals surface area (Å²) in [5.41, 5.74) is 4.89. The molecule has 0 radical (unpaired) electrons. The van der Waals surface area contributed by atoms with E-state index in [1.807, 2.05) is 18.2 Å². The normalized spacial score (nSPS) is 12.4. The molecule has 0 N–H and O–H groups in total. The Morgan fingerprint density at radius 3 is 2.71 bits per heavy atom. The van der Waals surface area contributed by atoms with Crippen LogP contribution in [0.15, 0.2) is 87.9 Å². The van der Waals surface area contributed by atoms with Crippen molar-refractivity contribution in [2.24, 2.45) is 5.16 Å². The fourth-order valence-electron chi connectivity index (χ4n) is 3.63. The number of non-ortho nitro benzene ring substituents is 1. The number of benzene rings is 3. The minimum Gasteiger partial charge on any atom is -0.389 e. The van der Waals surface area contributed by atoms with Gasteiger partial charge in [-0.3, -0.25) is 10.1 Å². The van der Waals surface area contributed by atoms with E-state index in [2.05, 4.69) is 51.7 Å². The van der Waals surface area contributed by atoms with Crippen LogP contribution in [0.3, 0.4) is 0 Å². The molecule has 0 amide bonds. The summed E-state index contributed by atoms with van der Waals surface area (Å²) in [5.74, 6) is 0. The van der Waals surface area contributed by atoms with Crippen LogP contribution in [0.25, 0.3) is 0 Å². The number of aromatic nitrogens is 3. The molecule has 5 rings (SSSR count). The van der Waals surface area contributed by atoms with Crippen molar-refractivity contribution in [3.63, 3.8) is 0 Å². The number of para-hydroxylation sites is 1. The maximum atomic E-state index is 10.8. The molecule has 1 aliphatic heterocycles. The number of fused-ring (bicyclic) bond motifs is 2. The molecule has 0 fully saturated rings. The standard InChI is InChI=1S/C24H20N6O3S/c1-28-21-4-2-3-5-23(21)34-24-12-18(8-11-22(24)28)13-25-33-16-19-15-29(27-26-19)14-17-6-9-20(10-7-17)30(31)32/h2-13,15H,14,16H2,1H3/b25-13+. The zero-order valence-corrected chi connectivity index (χ0v) is 19.1. The lowest BCUT2D eigenvalue weighted by Gasteiger charge is -2.29. The summed E-state index contributed by atoms with van der Waals surface area (Å²) in [5, 5.41) is 23.0. The first-order chi connectivity index (χ1) is 16.6. The topological polar surface area (TPSA) is 98.7 Å². The lowest BCUT2D eigenvalue weighted by Crippen LogP contribution is -2.14. The molecule has 2 heterocycles. The van der Waals surface area contributed by atoms with Crippen molar-refractivity contribution in [2.75, 3.05) is 11.9 Å². The molecule has 10 heteroatoms. The Kier molecular flexibility index (Phi) is 5.96. The van der Waals surface area contributed by atoms with Gasteiger partial charge in [-0.2, -0.15) is 0 Å². The van der Waals surface area contributed by atoms with Crippen LogP contribution in [-0.4, -0.2) is 33.2 Å². The van der Waals surface area contributed by atoms with Gasteiger partial charge in [-0.1, -0.05) is 52.5 Å². The van der Waals surface area contributed by atoms with Crippen LogP contribution >= 0.6 is 11.8 Å². The van der Waals surface area contributed by atoms with Crippen LogP contribution in [0.4, 0.5) is 17.1 Å². The molecule has 4 aromatic rings. The van der Waals surface area contributed by atoms with Crippen LogP contribution in [0.1, 0.15) is 16.8 Å². The quantitative estimate of drug-likeness (QED) is 0.212. The van der Waals surface area contributed by atoms with Gasteiger partial charge in [0.2, 0.25) is 0 Å². The number of anilines is 2. The van der Waals surface area contributed by atoms with Gasteiger partial charge in [0.25, 0.3) is 5.69 Å². The summed E-state index contributed by atoms with van der Waals surface area (Å²) in [4.78, 5) is 20.3. The molecule has 3 aromatic carbocycles. The van der Waals surface area contributed by atoms with Gasteiger partial charge in [0.05, 0.1) is 35.3 Å². The molecule has 1 aromatic heterocycles. The summed E-state index contributed by atoms with van der Waals surface area (Å²) >= 11 is 1.74. The fourth-order valence-corrected chi connectivity index (χ4v) is 4.83. The van der Waals surface area contributed by atoms with Gasteiger partial charge < -0.3 is 9.74 Å². The van der Waals surface area contributed by atoms with Crippen molar-refractivity contribution >= 4 is 35.0 Å². The Hall–Kier alpha value is -4.18. The SMILES string of the molecule is CN1c2ccccc2Sc2cc(/C=N/OCc3cn(Cc4ccc([N+](=O)[O-])cc4)nn3)ccc21. The van der Waals surface area contributed by atoms with Crippen molar-refractivity contribution in [2.45, 2.75) is 22.9 Å². The van der Waals surface area contributed by atoms with Crippen molar-refractivity contribution in [1.82, 2.24) is 15.0 Å². The first-order valence-electron chi connectivity index (χ1n) is 10.5. The highest BCUT2D eigenvalue weighted by molar-refractivity contribution is 7.99. The molecule has 0 saturated heterocycles.